The van der Waals surface area contributed by atoms with Gasteiger partial charge in [-0.1, -0.05) is 23.9 Å². The van der Waals surface area contributed by atoms with Crippen LogP contribution >= 0.6 is 11.8 Å². The molecule has 0 unspecified atom stereocenters. The third-order valence-corrected chi connectivity index (χ3v) is 4.23. The summed E-state index contributed by atoms with van der Waals surface area (Å²) in [6.45, 7) is 3.84. The van der Waals surface area contributed by atoms with E-state index in [0.29, 0.717) is 0 Å². The summed E-state index contributed by atoms with van der Waals surface area (Å²) < 4.78 is 7.12. The van der Waals surface area contributed by atoms with Gasteiger partial charge in [0.05, 0.1) is 13.7 Å². The van der Waals surface area contributed by atoms with Gasteiger partial charge in [-0.2, -0.15) is 0 Å². The zero-order chi connectivity index (χ0) is 15.2. The molecule has 21 heavy (non-hydrogen) atoms. The Morgan fingerprint density at radius 1 is 1.38 bits per heavy atom. The van der Waals surface area contributed by atoms with Crippen LogP contribution in [0.1, 0.15) is 17.7 Å². The summed E-state index contributed by atoms with van der Waals surface area (Å²) >= 11 is 1.65. The molecule has 1 heterocycles. The highest BCUT2D eigenvalue weighted by atomic mass is 32.2. The topological polar surface area (TPSA) is 56.1 Å². The van der Waals surface area contributed by atoms with Crippen LogP contribution in [-0.4, -0.2) is 52.9 Å². The molecule has 0 bridgehead atoms. The molecule has 6 nitrogen and oxygen atoms in total. The zero-order valence-electron chi connectivity index (χ0n) is 12.9. The number of benzene rings is 1. The van der Waals surface area contributed by atoms with Gasteiger partial charge in [-0.3, -0.25) is 0 Å². The van der Waals surface area contributed by atoms with Gasteiger partial charge < -0.3 is 9.64 Å². The van der Waals surface area contributed by atoms with Crippen LogP contribution in [0.15, 0.2) is 29.4 Å². The van der Waals surface area contributed by atoms with Crippen molar-refractivity contribution in [3.8, 4) is 5.75 Å². The number of thioether (sulfide) groups is 1. The Labute approximate surface area is 129 Å². The number of rotatable bonds is 7. The highest BCUT2D eigenvalue weighted by Crippen LogP contribution is 2.34. The molecular formula is C14H21N5OS. The first kappa shape index (κ1) is 15.8. The summed E-state index contributed by atoms with van der Waals surface area (Å²) in [6.07, 6.45) is 0. The summed E-state index contributed by atoms with van der Waals surface area (Å²) in [4.78, 5) is 2.11. The molecule has 1 aromatic heterocycles. The second-order valence-electron chi connectivity index (χ2n) is 5.02. The standard InChI is InChI=1S/C14H21N5OS/c1-11(12-6-5-7-13(10-12)20-4)21-14-15-16-17-19(14)9-8-18(2)3/h5-7,10-11H,8-9H2,1-4H3/t11-/m0/s1. The second-order valence-corrected chi connectivity index (χ2v) is 6.33. The fourth-order valence-electron chi connectivity index (χ4n) is 1.84. The van der Waals surface area contributed by atoms with Crippen molar-refractivity contribution < 1.29 is 4.74 Å². The lowest BCUT2D eigenvalue weighted by Gasteiger charge is -2.13. The fourth-order valence-corrected chi connectivity index (χ4v) is 2.77. The van der Waals surface area contributed by atoms with Crippen LogP contribution in [0, 0.1) is 0 Å². The molecule has 0 saturated carbocycles. The summed E-state index contributed by atoms with van der Waals surface area (Å²) in [7, 11) is 5.75. The van der Waals surface area contributed by atoms with Gasteiger partial charge in [0.1, 0.15) is 5.75 Å². The molecule has 0 fully saturated rings. The molecule has 2 rings (SSSR count). The molecule has 0 spiro atoms. The highest BCUT2D eigenvalue weighted by molar-refractivity contribution is 7.99. The van der Waals surface area contributed by atoms with Crippen molar-refractivity contribution in [2.75, 3.05) is 27.7 Å². The Morgan fingerprint density at radius 3 is 2.90 bits per heavy atom. The molecule has 0 amide bonds. The van der Waals surface area contributed by atoms with Crippen molar-refractivity contribution >= 4 is 11.8 Å². The summed E-state index contributed by atoms with van der Waals surface area (Å²) in [5.74, 6) is 0.868. The van der Waals surface area contributed by atoms with Crippen molar-refractivity contribution in [2.24, 2.45) is 0 Å². The zero-order valence-corrected chi connectivity index (χ0v) is 13.7. The number of tetrazole rings is 1. The first-order valence-corrected chi connectivity index (χ1v) is 7.69. The molecule has 0 radical (unpaired) electrons. The van der Waals surface area contributed by atoms with E-state index in [1.54, 1.807) is 18.9 Å². The summed E-state index contributed by atoms with van der Waals surface area (Å²) in [6, 6.07) is 8.09. The summed E-state index contributed by atoms with van der Waals surface area (Å²) in [5.41, 5.74) is 1.20. The van der Waals surface area contributed by atoms with Crippen LogP contribution in [0.2, 0.25) is 0 Å². The average molecular weight is 307 g/mol. The van der Waals surface area contributed by atoms with E-state index in [-0.39, 0.29) is 5.25 Å². The third kappa shape index (κ3) is 4.44. The molecule has 0 aliphatic heterocycles. The van der Waals surface area contributed by atoms with Crippen LogP contribution in [0.5, 0.6) is 5.75 Å². The van der Waals surface area contributed by atoms with Gasteiger partial charge in [0.2, 0.25) is 5.16 Å². The van der Waals surface area contributed by atoms with Crippen molar-refractivity contribution in [2.45, 2.75) is 23.9 Å². The molecule has 0 N–H and O–H groups in total. The Hall–Kier alpha value is -1.60. The van der Waals surface area contributed by atoms with E-state index in [9.17, 15) is 0 Å². The Morgan fingerprint density at radius 2 is 2.19 bits per heavy atom. The highest BCUT2D eigenvalue weighted by Gasteiger charge is 2.14. The normalized spacial score (nSPS) is 12.6. The molecule has 2 aromatic rings. The monoisotopic (exact) mass is 307 g/mol. The van der Waals surface area contributed by atoms with Gasteiger partial charge in [-0.25, -0.2) is 4.68 Å². The van der Waals surface area contributed by atoms with Crippen molar-refractivity contribution in [1.82, 2.24) is 25.1 Å². The van der Waals surface area contributed by atoms with Gasteiger partial charge in [-0.15, -0.1) is 5.10 Å². The van der Waals surface area contributed by atoms with E-state index in [4.69, 9.17) is 4.74 Å². The molecule has 1 aromatic carbocycles. The Balaban J connectivity index is 2.05. The van der Waals surface area contributed by atoms with E-state index >= 15 is 0 Å². The lowest BCUT2D eigenvalue weighted by atomic mass is 10.1. The van der Waals surface area contributed by atoms with Gasteiger partial charge in [0, 0.05) is 11.8 Å². The van der Waals surface area contributed by atoms with Crippen LogP contribution in [0.4, 0.5) is 0 Å². The van der Waals surface area contributed by atoms with E-state index in [2.05, 4.69) is 33.4 Å². The Kier molecular flexibility index (Phi) is 5.58. The quantitative estimate of drug-likeness (QED) is 0.730. The average Bonchev–Trinajstić information content (AvgIpc) is 2.92. The van der Waals surface area contributed by atoms with E-state index in [1.165, 1.54) is 5.56 Å². The second kappa shape index (κ2) is 7.42. The number of hydrogen-bond donors (Lipinski definition) is 0. The van der Waals surface area contributed by atoms with Crippen LogP contribution < -0.4 is 4.74 Å². The minimum Gasteiger partial charge on any atom is -0.497 e. The number of hydrogen-bond acceptors (Lipinski definition) is 6. The lowest BCUT2D eigenvalue weighted by molar-refractivity contribution is 0.361. The smallest absolute Gasteiger partial charge is 0.209 e. The maximum absolute atomic E-state index is 5.27. The molecule has 0 saturated heterocycles. The SMILES string of the molecule is COc1cccc([C@H](C)Sc2nnnn2CCN(C)C)c1. The van der Waals surface area contributed by atoms with Crippen molar-refractivity contribution in [1.29, 1.82) is 0 Å². The first-order valence-electron chi connectivity index (χ1n) is 6.81. The molecule has 114 valence electrons. The van der Waals surface area contributed by atoms with Gasteiger partial charge >= 0.3 is 0 Å². The van der Waals surface area contributed by atoms with Crippen LogP contribution in [0.25, 0.3) is 0 Å². The maximum Gasteiger partial charge on any atom is 0.209 e. The molecule has 1 atom stereocenters. The molecule has 0 aliphatic rings. The third-order valence-electron chi connectivity index (χ3n) is 3.10. The van der Waals surface area contributed by atoms with Gasteiger partial charge in [-0.05, 0) is 49.1 Å². The number of ether oxygens (including phenoxy) is 1. The predicted molar refractivity (Wildman–Crippen MR) is 83.6 cm³/mol. The van der Waals surface area contributed by atoms with Crippen molar-refractivity contribution in [3.63, 3.8) is 0 Å². The largest absolute Gasteiger partial charge is 0.497 e. The number of likely N-dealkylation sites (N-methyl/N-ethyl adjacent to an activating group) is 1. The number of nitrogens with zero attached hydrogens (tertiary/aromatic N) is 5. The fraction of sp³-hybridized carbons (Fsp3) is 0.500. The number of methoxy groups -OCH3 is 1. The predicted octanol–water partition coefficient (Wildman–Crippen LogP) is 2.10. The first-order chi connectivity index (χ1) is 10.1. The van der Waals surface area contributed by atoms with Gasteiger partial charge in [0.25, 0.3) is 0 Å². The van der Waals surface area contributed by atoms with E-state index < -0.39 is 0 Å². The van der Waals surface area contributed by atoms with E-state index in [0.717, 1.165) is 24.0 Å². The van der Waals surface area contributed by atoms with Crippen molar-refractivity contribution in [3.05, 3.63) is 29.8 Å². The minimum absolute atomic E-state index is 0.254. The van der Waals surface area contributed by atoms with E-state index in [1.807, 2.05) is 37.0 Å². The molecular weight excluding hydrogens is 286 g/mol. The maximum atomic E-state index is 5.27. The Bertz CT molecular complexity index is 572. The van der Waals surface area contributed by atoms with Gasteiger partial charge in [0.15, 0.2) is 0 Å². The van der Waals surface area contributed by atoms with Crippen LogP contribution in [-0.2, 0) is 6.54 Å². The summed E-state index contributed by atoms with van der Waals surface area (Å²) in [5, 5.41) is 13.0. The lowest BCUT2D eigenvalue weighted by Crippen LogP contribution is -2.19. The molecule has 0 aliphatic carbocycles. The molecule has 7 heteroatoms. The van der Waals surface area contributed by atoms with Crippen LogP contribution in [0.3, 0.4) is 0 Å². The minimum atomic E-state index is 0.254. The number of aromatic nitrogens is 4.